The molecule has 0 aliphatic carbocycles. The molecule has 8 aromatic rings. The van der Waals surface area contributed by atoms with Gasteiger partial charge in [-0.1, -0.05) is 84.9 Å². The normalized spacial score (nSPS) is 15.0. The number of nitrogen functional groups attached to an aromatic ring is 1. The molecule has 4 aromatic heterocycles. The van der Waals surface area contributed by atoms with E-state index in [0.29, 0.717) is 60.4 Å². The predicted molar refractivity (Wildman–Crippen MR) is 268 cm³/mol. The van der Waals surface area contributed by atoms with Gasteiger partial charge in [0, 0.05) is 73.1 Å². The van der Waals surface area contributed by atoms with Crippen molar-refractivity contribution in [2.24, 2.45) is 0 Å². The van der Waals surface area contributed by atoms with Gasteiger partial charge in [-0.05, 0) is 90.4 Å². The summed E-state index contributed by atoms with van der Waals surface area (Å²) < 4.78 is 0. The maximum absolute atomic E-state index is 13.0. The first-order valence-corrected chi connectivity index (χ1v) is 22.4. The van der Waals surface area contributed by atoms with Crippen LogP contribution in [0.25, 0.3) is 44.6 Å². The minimum atomic E-state index is -0.485. The molecule has 0 radical (unpaired) electrons. The van der Waals surface area contributed by atoms with Gasteiger partial charge >= 0.3 is 0 Å². The van der Waals surface area contributed by atoms with E-state index in [9.17, 15) is 29.3 Å². The fourth-order valence-electron chi connectivity index (χ4n) is 8.78. The zero-order chi connectivity index (χ0) is 47.1. The molecule has 16 nitrogen and oxygen atoms in total. The van der Waals surface area contributed by atoms with E-state index in [-0.39, 0.29) is 63.6 Å². The summed E-state index contributed by atoms with van der Waals surface area (Å²) in [6.07, 6.45) is 6.37. The standard InChI is InChI=1S/C26H23N5O4.C26H25N5O2.CH3.Pd/c32-24(13-17-5-2-1-3-6-17)30-12-4-7-23(30)26(33)28-20-10-8-18(9-11-20)22-15-19-14-21(31(34)35)16-27-25(19)29-22;27-20-14-19-15-22(30-25(19)28-16-20)18-8-10-21(11-9-18)29-26(33)23-7-4-12-31(23)24(32)13-17-5-2-1-3-6-17;;/h1-3,5-6,8-11,14-16,23H,4,7,12-13H2,(H,27,29)(H,28,33);1-3,5-6,8-11,14-16,23H,4,7,12-13,27H2,(H,28,30)(H,29,33);1H3;/q;;-1;/t2*23-;;/m00../s1. The fourth-order valence-corrected chi connectivity index (χ4v) is 8.78. The number of likely N-dealkylation sites (tertiary alicyclic amines) is 2. The number of carbonyl (C=O) groups excluding carboxylic acids is 4. The van der Waals surface area contributed by atoms with Crippen molar-refractivity contribution in [3.8, 4) is 22.5 Å². The summed E-state index contributed by atoms with van der Waals surface area (Å²) in [4.78, 5) is 80.3. The Morgan fingerprint density at radius 3 is 1.50 bits per heavy atom. The topological polar surface area (TPSA) is 225 Å². The number of nitro groups is 1. The second-order valence-electron chi connectivity index (χ2n) is 16.9. The molecule has 6 N–H and O–H groups in total. The number of aromatic amines is 2. The molecule has 10 rings (SSSR count). The van der Waals surface area contributed by atoms with Crippen LogP contribution in [-0.2, 0) is 52.4 Å². The molecule has 2 aliphatic rings. The van der Waals surface area contributed by atoms with E-state index < -0.39 is 17.0 Å². The summed E-state index contributed by atoms with van der Waals surface area (Å²) in [5.74, 6) is -0.398. The van der Waals surface area contributed by atoms with Gasteiger partial charge < -0.3 is 43.6 Å². The number of hydrogen-bond acceptors (Lipinski definition) is 9. The third-order valence-corrected chi connectivity index (χ3v) is 12.2. The molecule has 6 heterocycles. The Hall–Kier alpha value is -8.00. The van der Waals surface area contributed by atoms with Crippen LogP contribution in [0.15, 0.2) is 146 Å². The van der Waals surface area contributed by atoms with E-state index in [0.717, 1.165) is 57.5 Å². The van der Waals surface area contributed by atoms with Crippen LogP contribution in [0.3, 0.4) is 0 Å². The molecule has 2 aliphatic heterocycles. The van der Waals surface area contributed by atoms with Crippen molar-refractivity contribution in [3.05, 3.63) is 175 Å². The SMILES string of the molecule is Nc1cnc2[nH]c(-c3ccc(NC(=O)[C@@H]4CCCN4C(=O)Cc4ccccc4)cc3)cc2c1.O=C(Nc1ccc(-c2cc3cc([N+](=O)[O-])cnc3[nH]2)cc1)[C@@H]1CCCN1C(=O)Cc1ccccc1.[CH3-].[Pd]. The van der Waals surface area contributed by atoms with Crippen molar-refractivity contribution in [3.63, 3.8) is 0 Å². The average molecular weight is 1030 g/mol. The number of fused-ring (bicyclic) bond motifs is 2. The van der Waals surface area contributed by atoms with Crippen LogP contribution in [-0.4, -0.2) is 83.5 Å². The minimum Gasteiger partial charge on any atom is -0.397 e. The molecular formula is C53H51N10O6Pd-. The van der Waals surface area contributed by atoms with E-state index in [2.05, 4.69) is 30.6 Å². The zero-order valence-electron chi connectivity index (χ0n) is 38.2. The molecule has 70 heavy (non-hydrogen) atoms. The minimum absolute atomic E-state index is 0. The number of nitrogens with zero attached hydrogens (tertiary/aromatic N) is 5. The Kier molecular flexibility index (Phi) is 16.0. The number of rotatable bonds is 11. The van der Waals surface area contributed by atoms with E-state index >= 15 is 0 Å². The van der Waals surface area contributed by atoms with Gasteiger partial charge in [0.1, 0.15) is 29.6 Å². The van der Waals surface area contributed by atoms with Crippen LogP contribution in [0, 0.1) is 17.5 Å². The van der Waals surface area contributed by atoms with Crippen LogP contribution in [0.5, 0.6) is 0 Å². The summed E-state index contributed by atoms with van der Waals surface area (Å²) in [7, 11) is 0. The van der Waals surface area contributed by atoms with Crippen molar-refractivity contribution in [2.45, 2.75) is 50.6 Å². The van der Waals surface area contributed by atoms with Crippen molar-refractivity contribution in [2.75, 3.05) is 29.5 Å². The Balaban J connectivity index is 0.000000201. The quantitative estimate of drug-likeness (QED) is 0.0361. The van der Waals surface area contributed by atoms with Crippen LogP contribution in [0.4, 0.5) is 22.7 Å². The van der Waals surface area contributed by atoms with Crippen LogP contribution in [0.1, 0.15) is 36.8 Å². The van der Waals surface area contributed by atoms with Crippen LogP contribution >= 0.6 is 0 Å². The predicted octanol–water partition coefficient (Wildman–Crippen LogP) is 8.74. The fraction of sp³-hybridized carbons (Fsp3) is 0.189. The first-order valence-electron chi connectivity index (χ1n) is 22.4. The maximum atomic E-state index is 13.0. The van der Waals surface area contributed by atoms with Gasteiger partial charge in [-0.25, -0.2) is 9.97 Å². The molecule has 4 amide bonds. The number of nitrogens with two attached hydrogens (primary N) is 1. The van der Waals surface area contributed by atoms with Gasteiger partial charge in [0.25, 0.3) is 5.69 Å². The number of amides is 4. The smallest absolute Gasteiger partial charge is 0.288 e. The van der Waals surface area contributed by atoms with E-state index in [4.69, 9.17) is 5.73 Å². The molecule has 2 fully saturated rings. The zero-order valence-corrected chi connectivity index (χ0v) is 39.8. The summed E-state index contributed by atoms with van der Waals surface area (Å²) in [5, 5.41) is 18.5. The van der Waals surface area contributed by atoms with Gasteiger partial charge in [0.05, 0.1) is 29.6 Å². The molecule has 2 atom stereocenters. The van der Waals surface area contributed by atoms with Crippen molar-refractivity contribution in [1.82, 2.24) is 29.7 Å². The van der Waals surface area contributed by atoms with Gasteiger partial charge in [0.2, 0.25) is 23.6 Å². The first-order chi connectivity index (χ1) is 33.0. The number of benzene rings is 4. The number of nitrogens with one attached hydrogen (secondary N) is 4. The van der Waals surface area contributed by atoms with Crippen molar-refractivity contribution >= 4 is 68.4 Å². The Labute approximate surface area is 417 Å². The number of hydrogen-bond donors (Lipinski definition) is 5. The molecule has 0 unspecified atom stereocenters. The summed E-state index contributed by atoms with van der Waals surface area (Å²) in [6, 6.07) is 40.3. The number of aromatic nitrogens is 4. The second-order valence-corrected chi connectivity index (χ2v) is 16.9. The molecule has 0 spiro atoms. The monoisotopic (exact) mass is 1030 g/mol. The average Bonchev–Trinajstić information content (AvgIpc) is 4.19. The molecule has 4 aromatic carbocycles. The van der Waals surface area contributed by atoms with Gasteiger partial charge in [0.15, 0.2) is 0 Å². The van der Waals surface area contributed by atoms with Crippen molar-refractivity contribution in [1.29, 1.82) is 0 Å². The van der Waals surface area contributed by atoms with Gasteiger partial charge in [-0.3, -0.25) is 29.3 Å². The number of anilines is 3. The molecule has 0 bridgehead atoms. The number of H-pyrrole nitrogens is 2. The Morgan fingerprint density at radius 2 is 1.06 bits per heavy atom. The van der Waals surface area contributed by atoms with Gasteiger partial charge in [-0.2, -0.15) is 0 Å². The van der Waals surface area contributed by atoms with E-state index in [1.54, 1.807) is 34.2 Å². The van der Waals surface area contributed by atoms with Gasteiger partial charge in [-0.15, -0.1) is 0 Å². The van der Waals surface area contributed by atoms with E-state index in [1.165, 1.54) is 12.3 Å². The summed E-state index contributed by atoms with van der Waals surface area (Å²) >= 11 is 0. The molecular weight excluding hydrogens is 979 g/mol. The van der Waals surface area contributed by atoms with Crippen molar-refractivity contribution < 1.29 is 44.5 Å². The largest absolute Gasteiger partial charge is 0.397 e. The van der Waals surface area contributed by atoms with Crippen LogP contribution in [0.2, 0.25) is 0 Å². The number of pyridine rings is 2. The van der Waals surface area contributed by atoms with E-state index in [1.807, 2.05) is 109 Å². The third-order valence-electron chi connectivity index (χ3n) is 12.2. The summed E-state index contributed by atoms with van der Waals surface area (Å²) in [6.45, 7) is 1.19. The third kappa shape index (κ3) is 11.6. The second kappa shape index (κ2) is 22.4. The first kappa shape index (κ1) is 49.9. The molecule has 17 heteroatoms. The summed E-state index contributed by atoms with van der Waals surface area (Å²) in [5.41, 5.74) is 14.4. The maximum Gasteiger partial charge on any atom is 0.288 e. The number of carbonyl (C=O) groups is 4. The van der Waals surface area contributed by atoms with Crippen LogP contribution < -0.4 is 16.4 Å². The Bertz CT molecular complexity index is 3130. The molecule has 0 saturated carbocycles. The molecule has 360 valence electrons. The molecule has 2 saturated heterocycles. The Morgan fingerprint density at radius 1 is 0.629 bits per heavy atom.